The van der Waals surface area contributed by atoms with E-state index in [0.717, 1.165) is 0 Å². The smallest absolute Gasteiger partial charge is 0.354 e. The van der Waals surface area contributed by atoms with Gasteiger partial charge in [-0.3, -0.25) is 4.79 Å². The van der Waals surface area contributed by atoms with Crippen LogP contribution in [-0.2, 0) is 4.74 Å². The summed E-state index contributed by atoms with van der Waals surface area (Å²) in [4.78, 5) is 25.5. The van der Waals surface area contributed by atoms with E-state index < -0.39 is 5.97 Å². The quantitative estimate of drug-likeness (QED) is 0.506. The molecule has 0 atom stereocenters. The summed E-state index contributed by atoms with van der Waals surface area (Å²) < 4.78 is 10.4. The third-order valence-corrected chi connectivity index (χ3v) is 3.03. The predicted molar refractivity (Wildman–Crippen MR) is 78.0 cm³/mol. The Bertz CT molecular complexity index is 651. The Labute approximate surface area is 126 Å². The minimum atomic E-state index is -0.537. The van der Waals surface area contributed by atoms with E-state index in [1.54, 1.807) is 24.3 Å². The summed E-state index contributed by atoms with van der Waals surface area (Å²) in [5.74, 6) is -0.119. The number of esters is 1. The highest BCUT2D eigenvalue weighted by molar-refractivity contribution is 6.32. The third-order valence-electron chi connectivity index (χ3n) is 2.72. The number of rotatable bonds is 6. The topological polar surface area (TPSA) is 68.4 Å². The van der Waals surface area contributed by atoms with Crippen LogP contribution < -0.4 is 4.74 Å². The zero-order valence-corrected chi connectivity index (χ0v) is 12.1. The van der Waals surface area contributed by atoms with Crippen molar-refractivity contribution in [1.29, 1.82) is 0 Å². The first-order valence-corrected chi connectivity index (χ1v) is 6.69. The van der Waals surface area contributed by atoms with E-state index in [-0.39, 0.29) is 24.7 Å². The van der Waals surface area contributed by atoms with Crippen molar-refractivity contribution < 1.29 is 19.1 Å². The first-order valence-electron chi connectivity index (χ1n) is 6.31. The minimum absolute atomic E-state index is 0.0818. The van der Waals surface area contributed by atoms with Gasteiger partial charge in [0.15, 0.2) is 5.78 Å². The Balaban J connectivity index is 1.79. The largest absolute Gasteiger partial charge is 0.488 e. The Kier molecular flexibility index (Phi) is 5.00. The molecule has 1 aromatic carbocycles. The average molecular weight is 308 g/mol. The second kappa shape index (κ2) is 6.95. The maximum Gasteiger partial charge on any atom is 0.354 e. The van der Waals surface area contributed by atoms with Crippen LogP contribution in [0.1, 0.15) is 27.8 Å². The molecular formula is C15H14ClNO4. The summed E-state index contributed by atoms with van der Waals surface area (Å²) in [5.41, 5.74) is 0.673. The van der Waals surface area contributed by atoms with Gasteiger partial charge in [0.2, 0.25) is 0 Å². The van der Waals surface area contributed by atoms with Crippen molar-refractivity contribution in [3.05, 3.63) is 52.8 Å². The number of hydrogen-bond donors (Lipinski definition) is 1. The minimum Gasteiger partial charge on any atom is -0.488 e. The summed E-state index contributed by atoms with van der Waals surface area (Å²) in [6, 6.07) is 8.50. The zero-order valence-electron chi connectivity index (χ0n) is 11.4. The monoisotopic (exact) mass is 307 g/mol. The fourth-order valence-electron chi connectivity index (χ4n) is 1.64. The number of halogens is 1. The zero-order chi connectivity index (χ0) is 15.2. The van der Waals surface area contributed by atoms with Gasteiger partial charge < -0.3 is 14.5 Å². The van der Waals surface area contributed by atoms with E-state index in [1.165, 1.54) is 19.2 Å². The Morgan fingerprint density at radius 1 is 1.24 bits per heavy atom. The number of carbonyl (C=O) groups excluding carboxylic acids is 2. The Morgan fingerprint density at radius 2 is 2.00 bits per heavy atom. The number of Topliss-reactive ketones (excluding diaryl/α,β-unsaturated/α-hetero) is 1. The van der Waals surface area contributed by atoms with Crippen molar-refractivity contribution in [1.82, 2.24) is 4.98 Å². The van der Waals surface area contributed by atoms with Gasteiger partial charge in [-0.15, -0.1) is 0 Å². The second-order valence-electron chi connectivity index (χ2n) is 4.27. The van der Waals surface area contributed by atoms with Gasteiger partial charge >= 0.3 is 5.97 Å². The van der Waals surface area contributed by atoms with E-state index in [1.807, 2.05) is 0 Å². The Hall–Kier alpha value is -2.27. The highest BCUT2D eigenvalue weighted by atomic mass is 35.5. The van der Waals surface area contributed by atoms with Crippen LogP contribution in [0.3, 0.4) is 0 Å². The van der Waals surface area contributed by atoms with Crippen molar-refractivity contribution in [3.8, 4) is 5.75 Å². The normalized spacial score (nSPS) is 10.2. The number of H-pyrrole nitrogens is 1. The number of benzene rings is 1. The van der Waals surface area contributed by atoms with Gasteiger partial charge in [-0.05, 0) is 25.1 Å². The van der Waals surface area contributed by atoms with Gasteiger partial charge in [-0.25, -0.2) is 4.79 Å². The van der Waals surface area contributed by atoms with Gasteiger partial charge in [-0.1, -0.05) is 23.7 Å². The van der Waals surface area contributed by atoms with Crippen LogP contribution in [0.4, 0.5) is 0 Å². The van der Waals surface area contributed by atoms with Gasteiger partial charge in [-0.2, -0.15) is 0 Å². The van der Waals surface area contributed by atoms with E-state index >= 15 is 0 Å². The number of ketones is 1. The van der Waals surface area contributed by atoms with Crippen LogP contribution in [0.5, 0.6) is 5.75 Å². The Morgan fingerprint density at radius 3 is 2.67 bits per heavy atom. The SMILES string of the molecule is CC(=O)c1c[nH]c(C(=O)OCCOc2ccccc2Cl)c1. The molecule has 6 heteroatoms. The molecule has 110 valence electrons. The van der Waals surface area contributed by atoms with Crippen LogP contribution in [0, 0.1) is 0 Å². The molecule has 1 N–H and O–H groups in total. The molecule has 5 nitrogen and oxygen atoms in total. The lowest BCUT2D eigenvalue weighted by Gasteiger charge is -2.07. The number of carbonyl (C=O) groups is 2. The van der Waals surface area contributed by atoms with Gasteiger partial charge in [0.05, 0.1) is 5.02 Å². The fraction of sp³-hybridized carbons (Fsp3) is 0.200. The van der Waals surface area contributed by atoms with Crippen molar-refractivity contribution in [3.63, 3.8) is 0 Å². The fourth-order valence-corrected chi connectivity index (χ4v) is 1.83. The highest BCUT2D eigenvalue weighted by Gasteiger charge is 2.11. The van der Waals surface area contributed by atoms with Crippen molar-refractivity contribution >= 4 is 23.4 Å². The van der Waals surface area contributed by atoms with Gasteiger partial charge in [0, 0.05) is 11.8 Å². The highest BCUT2D eigenvalue weighted by Crippen LogP contribution is 2.22. The maximum atomic E-state index is 11.7. The summed E-state index contributed by atoms with van der Waals surface area (Å²) in [6.45, 7) is 1.70. The van der Waals surface area contributed by atoms with Gasteiger partial charge in [0.25, 0.3) is 0 Å². The summed E-state index contributed by atoms with van der Waals surface area (Å²) in [6.07, 6.45) is 1.47. The van der Waals surface area contributed by atoms with Crippen molar-refractivity contribution in [2.24, 2.45) is 0 Å². The molecule has 0 saturated carbocycles. The van der Waals surface area contributed by atoms with Gasteiger partial charge in [0.1, 0.15) is 24.7 Å². The first kappa shape index (κ1) is 15.1. The van der Waals surface area contributed by atoms with E-state index in [4.69, 9.17) is 21.1 Å². The third kappa shape index (κ3) is 4.10. The molecule has 0 aliphatic rings. The number of hydrogen-bond acceptors (Lipinski definition) is 4. The molecule has 0 aliphatic heterocycles. The van der Waals surface area contributed by atoms with Crippen molar-refractivity contribution in [2.45, 2.75) is 6.92 Å². The number of para-hydroxylation sites is 1. The second-order valence-corrected chi connectivity index (χ2v) is 4.68. The van der Waals surface area contributed by atoms with E-state index in [9.17, 15) is 9.59 Å². The molecule has 2 rings (SSSR count). The number of ether oxygens (including phenoxy) is 2. The molecule has 1 aromatic heterocycles. The molecule has 0 radical (unpaired) electrons. The average Bonchev–Trinajstić information content (AvgIpc) is 2.95. The molecule has 0 unspecified atom stereocenters. The standard InChI is InChI=1S/C15H14ClNO4/c1-10(18)11-8-13(17-9-11)15(19)21-7-6-20-14-5-3-2-4-12(14)16/h2-5,8-9,17H,6-7H2,1H3. The predicted octanol–water partition coefficient (Wildman–Crippen LogP) is 3.11. The van der Waals surface area contributed by atoms with E-state index in [0.29, 0.717) is 16.3 Å². The van der Waals surface area contributed by atoms with Crippen LogP contribution >= 0.6 is 11.6 Å². The number of aromatic nitrogens is 1. The number of nitrogens with one attached hydrogen (secondary N) is 1. The lowest BCUT2D eigenvalue weighted by atomic mass is 10.2. The number of aromatic amines is 1. The molecular weight excluding hydrogens is 294 g/mol. The lowest BCUT2D eigenvalue weighted by molar-refractivity contribution is 0.0444. The lowest BCUT2D eigenvalue weighted by Crippen LogP contribution is -2.12. The molecule has 0 amide bonds. The van der Waals surface area contributed by atoms with E-state index in [2.05, 4.69) is 4.98 Å². The van der Waals surface area contributed by atoms with Crippen LogP contribution in [0.2, 0.25) is 5.02 Å². The first-order chi connectivity index (χ1) is 10.1. The van der Waals surface area contributed by atoms with Crippen LogP contribution in [0.15, 0.2) is 36.5 Å². The van der Waals surface area contributed by atoms with Crippen LogP contribution in [-0.4, -0.2) is 30.0 Å². The van der Waals surface area contributed by atoms with Crippen molar-refractivity contribution in [2.75, 3.05) is 13.2 Å². The summed E-state index contributed by atoms with van der Waals surface area (Å²) >= 11 is 5.92. The molecule has 1 heterocycles. The molecule has 2 aromatic rings. The molecule has 21 heavy (non-hydrogen) atoms. The molecule has 0 bridgehead atoms. The molecule has 0 spiro atoms. The maximum absolute atomic E-state index is 11.7. The molecule has 0 saturated heterocycles. The summed E-state index contributed by atoms with van der Waals surface area (Å²) in [5, 5.41) is 0.499. The van der Waals surface area contributed by atoms with Crippen LogP contribution in [0.25, 0.3) is 0 Å². The molecule has 0 aliphatic carbocycles. The summed E-state index contributed by atoms with van der Waals surface area (Å²) in [7, 11) is 0. The molecule has 0 fully saturated rings.